The average molecular weight is 396 g/mol. The average Bonchev–Trinajstić information content (AvgIpc) is 3.11. The van der Waals surface area contributed by atoms with E-state index in [1.54, 1.807) is 12.3 Å². The number of alkyl halides is 3. The fourth-order valence-corrected chi connectivity index (χ4v) is 3.43. The van der Waals surface area contributed by atoms with E-state index in [4.69, 9.17) is 0 Å². The van der Waals surface area contributed by atoms with Crippen LogP contribution in [0.5, 0.6) is 0 Å². The van der Waals surface area contributed by atoms with Crippen molar-refractivity contribution in [3.05, 3.63) is 57.7 Å². The van der Waals surface area contributed by atoms with Crippen LogP contribution in [0, 0.1) is 0 Å². The summed E-state index contributed by atoms with van der Waals surface area (Å²) in [5.41, 5.74) is -0.177. The van der Waals surface area contributed by atoms with Gasteiger partial charge in [-0.1, -0.05) is 6.07 Å². The molecule has 0 saturated carbocycles. The van der Waals surface area contributed by atoms with E-state index in [-0.39, 0.29) is 17.7 Å². The summed E-state index contributed by atoms with van der Waals surface area (Å²) in [6.07, 6.45) is -2.80. The molecule has 2 aromatic heterocycles. The Kier molecular flexibility index (Phi) is 3.21. The third-order valence-corrected chi connectivity index (χ3v) is 4.67. The van der Waals surface area contributed by atoms with Gasteiger partial charge >= 0.3 is 6.18 Å². The van der Waals surface area contributed by atoms with Crippen LogP contribution < -0.4 is 4.90 Å². The van der Waals surface area contributed by atoms with Gasteiger partial charge in [-0.05, 0) is 45.8 Å². The number of nitrogens with zero attached hydrogens (tertiary/aromatic N) is 2. The van der Waals surface area contributed by atoms with E-state index < -0.39 is 17.6 Å². The van der Waals surface area contributed by atoms with Crippen LogP contribution in [0.25, 0.3) is 11.0 Å². The van der Waals surface area contributed by atoms with Gasteiger partial charge in [0.2, 0.25) is 0 Å². The highest BCUT2D eigenvalue weighted by molar-refractivity contribution is 9.10. The Labute approximate surface area is 142 Å². The van der Waals surface area contributed by atoms with Crippen molar-refractivity contribution in [2.24, 2.45) is 0 Å². The van der Waals surface area contributed by atoms with Crippen molar-refractivity contribution in [2.45, 2.75) is 12.7 Å². The number of carbonyl (C=O) groups is 1. The monoisotopic (exact) mass is 395 g/mol. The maximum absolute atomic E-state index is 13.2. The minimum absolute atomic E-state index is 0.0143. The van der Waals surface area contributed by atoms with Gasteiger partial charge in [-0.3, -0.25) is 9.69 Å². The summed E-state index contributed by atoms with van der Waals surface area (Å²) < 4.78 is 40.2. The fourth-order valence-electron chi connectivity index (χ4n) is 2.91. The van der Waals surface area contributed by atoms with E-state index in [1.807, 2.05) is 6.07 Å². The Morgan fingerprint density at radius 2 is 2.04 bits per heavy atom. The second kappa shape index (κ2) is 5.07. The number of nitrogens with one attached hydrogen (secondary N) is 1. The van der Waals surface area contributed by atoms with E-state index in [2.05, 4.69) is 25.9 Å². The molecule has 1 aliphatic heterocycles. The Bertz CT molecular complexity index is 980. The zero-order valence-corrected chi connectivity index (χ0v) is 13.6. The molecule has 8 heteroatoms. The van der Waals surface area contributed by atoms with Gasteiger partial charge in [0, 0.05) is 21.6 Å². The topological polar surface area (TPSA) is 49.0 Å². The highest BCUT2D eigenvalue weighted by atomic mass is 79.9. The van der Waals surface area contributed by atoms with Crippen molar-refractivity contribution < 1.29 is 18.0 Å². The molecule has 4 rings (SSSR count). The first-order chi connectivity index (χ1) is 11.4. The summed E-state index contributed by atoms with van der Waals surface area (Å²) in [7, 11) is 0. The molecule has 24 heavy (non-hydrogen) atoms. The molecule has 0 aliphatic carbocycles. The Morgan fingerprint density at radius 1 is 1.25 bits per heavy atom. The van der Waals surface area contributed by atoms with Crippen molar-refractivity contribution in [2.75, 3.05) is 4.90 Å². The molecule has 0 unspecified atom stereocenters. The summed E-state index contributed by atoms with van der Waals surface area (Å²) in [4.78, 5) is 21.1. The summed E-state index contributed by atoms with van der Waals surface area (Å²) in [6, 6.07) is 7.11. The van der Waals surface area contributed by atoms with Gasteiger partial charge in [0.15, 0.2) is 0 Å². The summed E-state index contributed by atoms with van der Waals surface area (Å²) >= 11 is 3.40. The molecule has 1 amide bonds. The van der Waals surface area contributed by atoms with Crippen LogP contribution in [0.15, 0.2) is 41.0 Å². The second-order valence-electron chi connectivity index (χ2n) is 5.42. The normalized spacial score (nSPS) is 14.5. The molecule has 0 bridgehead atoms. The molecule has 0 atom stereocenters. The van der Waals surface area contributed by atoms with Gasteiger partial charge in [0.05, 0.1) is 12.1 Å². The zero-order valence-electron chi connectivity index (χ0n) is 12.0. The van der Waals surface area contributed by atoms with E-state index in [0.717, 1.165) is 11.5 Å². The molecular formula is C16H9BrF3N3O. The molecule has 0 saturated heterocycles. The van der Waals surface area contributed by atoms with Crippen molar-refractivity contribution in [1.82, 2.24) is 9.97 Å². The third-order valence-electron chi connectivity index (χ3n) is 4.01. The van der Waals surface area contributed by atoms with Gasteiger partial charge in [0.25, 0.3) is 5.91 Å². The SMILES string of the molecule is O=C1c2cccc(C(F)(F)F)c2CN1c1cc(Br)c2cc[nH]c2n1. The van der Waals surface area contributed by atoms with Crippen LogP contribution in [0.1, 0.15) is 21.5 Å². The van der Waals surface area contributed by atoms with Crippen LogP contribution >= 0.6 is 15.9 Å². The van der Waals surface area contributed by atoms with Crippen molar-refractivity contribution in [1.29, 1.82) is 0 Å². The highest BCUT2D eigenvalue weighted by Gasteiger charge is 2.40. The van der Waals surface area contributed by atoms with E-state index in [0.29, 0.717) is 15.9 Å². The minimum atomic E-state index is -4.50. The number of hydrogen-bond donors (Lipinski definition) is 1. The lowest BCUT2D eigenvalue weighted by Gasteiger charge is -2.15. The molecule has 3 aromatic rings. The summed E-state index contributed by atoms with van der Waals surface area (Å²) in [6.45, 7) is -0.157. The number of aromatic nitrogens is 2. The number of halogens is 4. The van der Waals surface area contributed by atoms with Crippen LogP contribution in [0.2, 0.25) is 0 Å². The lowest BCUT2D eigenvalue weighted by molar-refractivity contribution is -0.138. The third kappa shape index (κ3) is 2.21. The first-order valence-corrected chi connectivity index (χ1v) is 7.80. The molecule has 0 spiro atoms. The number of rotatable bonds is 1. The van der Waals surface area contributed by atoms with Crippen LogP contribution in [0.4, 0.5) is 19.0 Å². The molecule has 1 N–H and O–H groups in total. The van der Waals surface area contributed by atoms with Crippen LogP contribution in [-0.2, 0) is 12.7 Å². The van der Waals surface area contributed by atoms with Gasteiger partial charge in [-0.2, -0.15) is 13.2 Å². The zero-order chi connectivity index (χ0) is 17.1. The van der Waals surface area contributed by atoms with Crippen molar-refractivity contribution >= 4 is 38.7 Å². The lowest BCUT2D eigenvalue weighted by Crippen LogP contribution is -2.24. The number of carbonyl (C=O) groups excluding carboxylic acids is 1. The molecule has 1 aromatic carbocycles. The molecular weight excluding hydrogens is 387 g/mol. The lowest BCUT2D eigenvalue weighted by atomic mass is 10.0. The molecule has 3 heterocycles. The van der Waals surface area contributed by atoms with Gasteiger partial charge in [0.1, 0.15) is 11.5 Å². The van der Waals surface area contributed by atoms with Gasteiger partial charge in [-0.15, -0.1) is 0 Å². The first kappa shape index (κ1) is 15.2. The number of benzene rings is 1. The van der Waals surface area contributed by atoms with Gasteiger partial charge in [-0.25, -0.2) is 4.98 Å². The van der Waals surface area contributed by atoms with Crippen LogP contribution in [0.3, 0.4) is 0 Å². The van der Waals surface area contributed by atoms with E-state index in [9.17, 15) is 18.0 Å². The first-order valence-electron chi connectivity index (χ1n) is 7.01. The minimum Gasteiger partial charge on any atom is -0.346 e. The van der Waals surface area contributed by atoms with E-state index >= 15 is 0 Å². The Hall–Kier alpha value is -2.35. The number of anilines is 1. The predicted octanol–water partition coefficient (Wildman–Crippen LogP) is 4.50. The maximum atomic E-state index is 13.2. The molecule has 4 nitrogen and oxygen atoms in total. The summed E-state index contributed by atoms with van der Waals surface area (Å²) in [5, 5.41) is 0.832. The van der Waals surface area contributed by atoms with E-state index in [1.165, 1.54) is 17.0 Å². The highest BCUT2D eigenvalue weighted by Crippen LogP contribution is 2.38. The molecule has 0 radical (unpaired) electrons. The summed E-state index contributed by atoms with van der Waals surface area (Å²) in [5.74, 6) is -0.187. The molecule has 122 valence electrons. The predicted molar refractivity (Wildman–Crippen MR) is 85.8 cm³/mol. The quantitative estimate of drug-likeness (QED) is 0.659. The molecule has 1 aliphatic rings. The second-order valence-corrected chi connectivity index (χ2v) is 6.28. The number of pyridine rings is 1. The smallest absolute Gasteiger partial charge is 0.346 e. The fraction of sp³-hybridized carbons (Fsp3) is 0.125. The Balaban J connectivity index is 1.82. The molecule has 0 fully saturated rings. The number of amides is 1. The largest absolute Gasteiger partial charge is 0.416 e. The van der Waals surface area contributed by atoms with Crippen molar-refractivity contribution in [3.8, 4) is 0 Å². The number of aromatic amines is 1. The van der Waals surface area contributed by atoms with Crippen LogP contribution in [-0.4, -0.2) is 15.9 Å². The maximum Gasteiger partial charge on any atom is 0.416 e. The number of H-pyrrole nitrogens is 1. The van der Waals surface area contributed by atoms with Crippen molar-refractivity contribution in [3.63, 3.8) is 0 Å². The Morgan fingerprint density at radius 3 is 2.79 bits per heavy atom. The standard InChI is InChI=1S/C16H9BrF3N3O/c17-12-6-13(22-14-9(12)4-5-21-14)23-7-10-8(15(23)24)2-1-3-11(10)16(18,19)20/h1-6H,7H2,(H,21,22). The number of fused-ring (bicyclic) bond motifs is 2. The number of hydrogen-bond acceptors (Lipinski definition) is 2. The van der Waals surface area contributed by atoms with Gasteiger partial charge < -0.3 is 4.98 Å².